The molecule has 7 heavy (non-hydrogen) atoms. The van der Waals surface area contributed by atoms with Gasteiger partial charge in [-0.15, -0.1) is 0 Å². The monoisotopic (exact) mass is 127 g/mol. The molecule has 0 saturated carbocycles. The van der Waals surface area contributed by atoms with E-state index in [4.69, 9.17) is 15.3 Å². The van der Waals surface area contributed by atoms with E-state index in [1.807, 2.05) is 0 Å². The summed E-state index contributed by atoms with van der Waals surface area (Å²) in [5.74, 6) is 0. The number of hydrogen-bond acceptors (Lipinski definition) is 4. The first-order valence-corrected chi connectivity index (χ1v) is 1.18. The average molecular weight is 127 g/mol. The van der Waals surface area contributed by atoms with Gasteiger partial charge in [-0.3, -0.25) is 0 Å². The van der Waals surface area contributed by atoms with E-state index >= 15 is 0 Å². The maximum absolute atomic E-state index is 7.66. The maximum atomic E-state index is 7.66. The Bertz CT molecular complexity index is 74.2. The van der Waals surface area contributed by atoms with Crippen LogP contribution in [0.5, 0.6) is 0 Å². The van der Waals surface area contributed by atoms with Crippen LogP contribution in [0.4, 0.5) is 0 Å². The smallest absolute Gasteiger partial charge is 1.00 e. The topological polar surface area (TPSA) is 73.5 Å². The van der Waals surface area contributed by atoms with Gasteiger partial charge in [0.25, 0.3) is 6.26 Å². The Labute approximate surface area is 85.2 Å². The minimum absolute atomic E-state index is 0. The number of nitrogens with zero attached hydrogens (tertiary/aromatic N) is 1. The summed E-state index contributed by atoms with van der Waals surface area (Å²) in [6.07, 6.45) is 1.07. The third-order valence-electron chi connectivity index (χ3n) is 0.158. The zero-order valence-corrected chi connectivity index (χ0v) is 6.95. The molecule has 0 aliphatic rings. The Hall–Kier alpha value is 0.911. The van der Waals surface area contributed by atoms with Gasteiger partial charge in [0.15, 0.2) is 0 Å². The molecule has 34 valence electrons. The van der Waals surface area contributed by atoms with Crippen LogP contribution in [-0.4, -0.2) is 17.4 Å². The van der Waals surface area contributed by atoms with Crippen molar-refractivity contribution in [2.24, 2.45) is 0 Å². The van der Waals surface area contributed by atoms with E-state index in [2.05, 4.69) is 4.65 Å². The molecule has 2 N–H and O–H groups in total. The molecule has 0 atom stereocenters. The van der Waals surface area contributed by atoms with E-state index in [1.165, 1.54) is 0 Å². The zero-order valence-electron chi connectivity index (χ0n) is 4.83. The fourth-order valence-corrected chi connectivity index (χ4v) is 0.0471. The second-order valence-corrected chi connectivity index (χ2v) is 0.535. The van der Waals surface area contributed by atoms with Crippen LogP contribution < -0.4 is 51.4 Å². The van der Waals surface area contributed by atoms with Crippen LogP contribution in [-0.2, 0) is 4.65 Å². The second kappa shape index (κ2) is 6.91. The van der Waals surface area contributed by atoms with Crippen LogP contribution in [0.25, 0.3) is 0 Å². The summed E-state index contributed by atoms with van der Waals surface area (Å²) >= 11 is 0. The van der Waals surface area contributed by atoms with Gasteiger partial charge in [-0.05, 0) is 0 Å². The molecule has 0 aromatic heterocycles. The molecule has 0 spiro atoms. The fourth-order valence-electron chi connectivity index (χ4n) is 0.0471. The molecule has 0 unspecified atom stereocenters. The summed E-state index contributed by atoms with van der Waals surface area (Å²) in [5, 5.41) is 22.8. The summed E-state index contributed by atoms with van der Waals surface area (Å²) in [6.45, 7) is 0. The molecule has 0 radical (unpaired) electrons. The summed E-state index contributed by atoms with van der Waals surface area (Å²) in [5.41, 5.74) is 0. The van der Waals surface area contributed by atoms with Crippen molar-refractivity contribution in [1.29, 1.82) is 5.26 Å². The van der Waals surface area contributed by atoms with Crippen LogP contribution in [0.1, 0.15) is 1.43 Å². The first-order chi connectivity index (χ1) is 2.77. The minimum Gasteiger partial charge on any atom is -1.00 e. The quantitative estimate of drug-likeness (QED) is 0.275. The largest absolute Gasteiger partial charge is 1.00 e. The molecule has 0 bridgehead atoms. The molecule has 0 aliphatic heterocycles. The first kappa shape index (κ1) is 10.8. The van der Waals surface area contributed by atoms with Gasteiger partial charge in [-0.1, -0.05) is 0 Å². The van der Waals surface area contributed by atoms with Gasteiger partial charge in [0.1, 0.15) is 0 Å². The van der Waals surface area contributed by atoms with Crippen molar-refractivity contribution in [2.75, 3.05) is 0 Å². The maximum Gasteiger partial charge on any atom is 1.00 e. The number of rotatable bonds is 1. The van der Waals surface area contributed by atoms with Crippen molar-refractivity contribution in [1.82, 2.24) is 0 Å². The van der Waals surface area contributed by atoms with Gasteiger partial charge in [-0.25, -0.2) is 0 Å². The van der Waals surface area contributed by atoms with Crippen LogP contribution >= 0.6 is 0 Å². The normalized spacial score (nSPS) is 5.29. The van der Waals surface area contributed by atoms with Crippen molar-refractivity contribution in [3.63, 3.8) is 0 Å². The average Bonchev–Trinajstić information content (AvgIpc) is 1.35. The van der Waals surface area contributed by atoms with Crippen molar-refractivity contribution >= 4 is 7.32 Å². The standard InChI is InChI=1S/CH2BNO3.K.H/c3-1-6-2(4)5;;/h4-5H;;/q;+1;-1. The molecule has 0 aromatic rings. The summed E-state index contributed by atoms with van der Waals surface area (Å²) in [7, 11) is -1.96. The molecule has 0 heterocycles. The minimum atomic E-state index is -1.96. The van der Waals surface area contributed by atoms with Gasteiger partial charge < -0.3 is 16.1 Å². The Balaban J connectivity index is -0.000000125. The van der Waals surface area contributed by atoms with E-state index in [0.29, 0.717) is 0 Å². The Kier molecular flexibility index (Phi) is 10.7. The van der Waals surface area contributed by atoms with Gasteiger partial charge in [0.05, 0.1) is 0 Å². The van der Waals surface area contributed by atoms with Gasteiger partial charge >= 0.3 is 58.7 Å². The van der Waals surface area contributed by atoms with E-state index in [-0.39, 0.29) is 52.8 Å². The molecule has 0 aromatic carbocycles. The zero-order chi connectivity index (χ0) is 4.99. The summed E-state index contributed by atoms with van der Waals surface area (Å²) in [4.78, 5) is 0. The molecule has 0 saturated heterocycles. The Morgan fingerprint density at radius 3 is 2.14 bits per heavy atom. The molecule has 0 rings (SSSR count). The number of nitriles is 1. The second-order valence-electron chi connectivity index (χ2n) is 0.535. The Morgan fingerprint density at radius 2 is 2.14 bits per heavy atom. The first-order valence-electron chi connectivity index (χ1n) is 1.18. The van der Waals surface area contributed by atoms with Crippen LogP contribution in [0.15, 0.2) is 0 Å². The van der Waals surface area contributed by atoms with Crippen LogP contribution in [0, 0.1) is 11.5 Å². The molecule has 0 amide bonds. The molecular formula is CH3BKNO3. The Morgan fingerprint density at radius 1 is 1.71 bits per heavy atom. The fraction of sp³-hybridized carbons (Fsp3) is 0. The van der Waals surface area contributed by atoms with Gasteiger partial charge in [-0.2, -0.15) is 5.26 Å². The third kappa shape index (κ3) is 10.9. The predicted octanol–water partition coefficient (Wildman–Crippen LogP) is -4.43. The van der Waals surface area contributed by atoms with E-state index < -0.39 is 7.32 Å². The van der Waals surface area contributed by atoms with Crippen LogP contribution in [0.2, 0.25) is 0 Å². The van der Waals surface area contributed by atoms with Crippen molar-refractivity contribution in [2.45, 2.75) is 0 Å². The van der Waals surface area contributed by atoms with Gasteiger partial charge in [0.2, 0.25) is 0 Å². The van der Waals surface area contributed by atoms with E-state index in [0.717, 1.165) is 6.26 Å². The third-order valence-corrected chi connectivity index (χ3v) is 0.158. The SMILES string of the molecule is N#COB(O)O.[H-].[K+]. The van der Waals surface area contributed by atoms with Crippen molar-refractivity contribution < 1.29 is 67.5 Å². The summed E-state index contributed by atoms with van der Waals surface area (Å²) in [6, 6.07) is 0. The summed E-state index contributed by atoms with van der Waals surface area (Å²) < 4.78 is 3.46. The molecular weight excluding hydrogens is 124 g/mol. The van der Waals surface area contributed by atoms with E-state index in [1.54, 1.807) is 0 Å². The van der Waals surface area contributed by atoms with Gasteiger partial charge in [0, 0.05) is 0 Å². The molecule has 0 fully saturated rings. The molecule has 4 nitrogen and oxygen atoms in total. The predicted molar refractivity (Wildman–Crippen MR) is 18.0 cm³/mol. The number of hydrogen-bond donors (Lipinski definition) is 2. The molecule has 0 aliphatic carbocycles. The molecule has 6 heteroatoms. The van der Waals surface area contributed by atoms with E-state index in [9.17, 15) is 0 Å². The van der Waals surface area contributed by atoms with Crippen LogP contribution in [0.3, 0.4) is 0 Å². The van der Waals surface area contributed by atoms with Crippen molar-refractivity contribution in [3.8, 4) is 6.26 Å². The van der Waals surface area contributed by atoms with Crippen molar-refractivity contribution in [3.05, 3.63) is 0 Å².